The third-order valence-corrected chi connectivity index (χ3v) is 4.87. The number of hydrogen-bond donors (Lipinski definition) is 1. The molecule has 0 spiro atoms. The van der Waals surface area contributed by atoms with Crippen molar-refractivity contribution in [2.24, 2.45) is 0 Å². The molecule has 3 nitrogen and oxygen atoms in total. The van der Waals surface area contributed by atoms with Crippen LogP contribution in [0.3, 0.4) is 0 Å². The number of ether oxygens (including phenoxy) is 1. The van der Waals surface area contributed by atoms with Crippen LogP contribution < -0.4 is 5.32 Å². The molecular formula is C20H27F3N2O. The van der Waals surface area contributed by atoms with Gasteiger partial charge in [0.05, 0.1) is 11.7 Å². The van der Waals surface area contributed by atoms with E-state index in [4.69, 9.17) is 4.74 Å². The highest BCUT2D eigenvalue weighted by molar-refractivity contribution is 5.26. The zero-order valence-corrected chi connectivity index (χ0v) is 15.6. The number of hydrogen-bond acceptors (Lipinski definition) is 3. The minimum atomic E-state index is -1.19. The van der Waals surface area contributed by atoms with Gasteiger partial charge in [-0.05, 0) is 46.1 Å². The Morgan fingerprint density at radius 2 is 1.65 bits per heavy atom. The highest BCUT2D eigenvalue weighted by Crippen LogP contribution is 2.35. The smallest absolute Gasteiger partial charge is 0.161 e. The molecule has 6 heteroatoms. The van der Waals surface area contributed by atoms with Crippen molar-refractivity contribution in [3.63, 3.8) is 0 Å². The molecule has 1 saturated heterocycles. The summed E-state index contributed by atoms with van der Waals surface area (Å²) < 4.78 is 47.2. The summed E-state index contributed by atoms with van der Waals surface area (Å²) in [6.07, 6.45) is 5.14. The molecule has 1 aromatic rings. The molecule has 0 amide bonds. The average molecular weight is 368 g/mol. The summed E-state index contributed by atoms with van der Waals surface area (Å²) in [5.41, 5.74) is 0.886. The van der Waals surface area contributed by atoms with Crippen LogP contribution in [0.2, 0.25) is 0 Å². The van der Waals surface area contributed by atoms with Gasteiger partial charge in [0.1, 0.15) is 18.2 Å². The maximum atomic E-state index is 14.3. The van der Waals surface area contributed by atoms with Crippen LogP contribution in [-0.2, 0) is 4.74 Å². The SMILES string of the molecule is CC(C)(C)NC1CC(N2CCCCC2)=CO[C@@H]1c1cc(F)c(F)cc1F. The lowest BCUT2D eigenvalue weighted by Gasteiger charge is -2.41. The van der Waals surface area contributed by atoms with E-state index in [1.807, 2.05) is 20.8 Å². The van der Waals surface area contributed by atoms with Crippen molar-refractivity contribution in [1.82, 2.24) is 10.2 Å². The summed E-state index contributed by atoms with van der Waals surface area (Å²) >= 11 is 0. The van der Waals surface area contributed by atoms with E-state index in [0.29, 0.717) is 12.5 Å². The second-order valence-corrected chi connectivity index (χ2v) is 8.21. The predicted octanol–water partition coefficient (Wildman–Crippen LogP) is 4.65. The van der Waals surface area contributed by atoms with Crippen molar-refractivity contribution < 1.29 is 17.9 Å². The summed E-state index contributed by atoms with van der Waals surface area (Å²) in [7, 11) is 0. The molecule has 3 rings (SSSR count). The first kappa shape index (κ1) is 19.1. The van der Waals surface area contributed by atoms with Crippen molar-refractivity contribution in [2.75, 3.05) is 13.1 Å². The van der Waals surface area contributed by atoms with Gasteiger partial charge in [0.15, 0.2) is 11.6 Å². The molecular weight excluding hydrogens is 341 g/mol. The van der Waals surface area contributed by atoms with Gasteiger partial charge < -0.3 is 15.0 Å². The Kier molecular flexibility index (Phi) is 5.51. The van der Waals surface area contributed by atoms with Crippen molar-refractivity contribution in [3.8, 4) is 0 Å². The van der Waals surface area contributed by atoms with Gasteiger partial charge in [0, 0.05) is 36.7 Å². The molecule has 2 heterocycles. The normalized spacial score (nSPS) is 24.2. The Labute approximate surface area is 153 Å². The molecule has 0 aromatic heterocycles. The van der Waals surface area contributed by atoms with E-state index in [0.717, 1.165) is 37.7 Å². The third-order valence-electron chi connectivity index (χ3n) is 4.87. The Hall–Kier alpha value is -1.69. The van der Waals surface area contributed by atoms with E-state index in [9.17, 15) is 13.2 Å². The van der Waals surface area contributed by atoms with Crippen LogP contribution in [-0.4, -0.2) is 29.6 Å². The summed E-state index contributed by atoms with van der Waals surface area (Å²) in [6, 6.07) is 1.26. The maximum absolute atomic E-state index is 14.3. The van der Waals surface area contributed by atoms with Gasteiger partial charge >= 0.3 is 0 Å². The molecule has 1 aromatic carbocycles. The Balaban J connectivity index is 1.89. The fraction of sp³-hybridized carbons (Fsp3) is 0.600. The minimum absolute atomic E-state index is 0.0413. The van der Waals surface area contributed by atoms with E-state index < -0.39 is 23.6 Å². The van der Waals surface area contributed by atoms with Crippen LogP contribution >= 0.6 is 0 Å². The lowest BCUT2D eigenvalue weighted by atomic mass is 9.92. The number of nitrogens with zero attached hydrogens (tertiary/aromatic N) is 1. The number of likely N-dealkylation sites (tertiary alicyclic amines) is 1. The zero-order valence-electron chi connectivity index (χ0n) is 15.6. The quantitative estimate of drug-likeness (QED) is 0.786. The zero-order chi connectivity index (χ0) is 18.9. The van der Waals surface area contributed by atoms with Gasteiger partial charge in [-0.2, -0.15) is 0 Å². The monoisotopic (exact) mass is 368 g/mol. The van der Waals surface area contributed by atoms with E-state index in [1.54, 1.807) is 6.26 Å². The Bertz CT molecular complexity index is 678. The fourth-order valence-corrected chi connectivity index (χ4v) is 3.74. The molecule has 26 heavy (non-hydrogen) atoms. The van der Waals surface area contributed by atoms with Crippen LogP contribution in [0.25, 0.3) is 0 Å². The van der Waals surface area contributed by atoms with Crippen molar-refractivity contribution in [1.29, 1.82) is 0 Å². The molecule has 2 aliphatic heterocycles. The lowest BCUT2D eigenvalue weighted by Crippen LogP contribution is -2.49. The van der Waals surface area contributed by atoms with Crippen LogP contribution in [0, 0.1) is 17.5 Å². The molecule has 2 aliphatic rings. The van der Waals surface area contributed by atoms with Crippen LogP contribution in [0.4, 0.5) is 13.2 Å². The number of halogens is 3. The molecule has 2 atom stereocenters. The van der Waals surface area contributed by atoms with E-state index >= 15 is 0 Å². The molecule has 0 saturated carbocycles. The van der Waals surface area contributed by atoms with Gasteiger partial charge in [-0.25, -0.2) is 13.2 Å². The van der Waals surface area contributed by atoms with Crippen LogP contribution in [0.5, 0.6) is 0 Å². The summed E-state index contributed by atoms with van der Waals surface area (Å²) in [5, 5.41) is 3.46. The minimum Gasteiger partial charge on any atom is -0.490 e. The van der Waals surface area contributed by atoms with Crippen LogP contribution in [0.15, 0.2) is 24.1 Å². The predicted molar refractivity (Wildman–Crippen MR) is 94.9 cm³/mol. The van der Waals surface area contributed by atoms with Gasteiger partial charge in [0.25, 0.3) is 0 Å². The van der Waals surface area contributed by atoms with E-state index in [-0.39, 0.29) is 17.1 Å². The summed E-state index contributed by atoms with van der Waals surface area (Å²) in [5.74, 6) is -3.04. The second-order valence-electron chi connectivity index (χ2n) is 8.21. The highest BCUT2D eigenvalue weighted by Gasteiger charge is 2.35. The average Bonchev–Trinajstić information content (AvgIpc) is 2.58. The first-order chi connectivity index (χ1) is 12.2. The molecule has 0 bridgehead atoms. The van der Waals surface area contributed by atoms with Gasteiger partial charge in [-0.15, -0.1) is 0 Å². The number of nitrogens with one attached hydrogen (secondary N) is 1. The molecule has 1 fully saturated rings. The Morgan fingerprint density at radius 1 is 1.00 bits per heavy atom. The van der Waals surface area contributed by atoms with Gasteiger partial charge in [-0.3, -0.25) is 0 Å². The van der Waals surface area contributed by atoms with E-state index in [2.05, 4.69) is 10.2 Å². The van der Waals surface area contributed by atoms with Crippen LogP contribution in [0.1, 0.15) is 58.1 Å². The fourth-order valence-electron chi connectivity index (χ4n) is 3.74. The first-order valence-electron chi connectivity index (χ1n) is 9.26. The summed E-state index contributed by atoms with van der Waals surface area (Å²) in [4.78, 5) is 2.30. The second kappa shape index (κ2) is 7.51. The lowest BCUT2D eigenvalue weighted by molar-refractivity contribution is 0.0570. The number of rotatable bonds is 3. The third kappa shape index (κ3) is 4.34. The topological polar surface area (TPSA) is 24.5 Å². The highest BCUT2D eigenvalue weighted by atomic mass is 19.2. The standard InChI is InChI=1S/C20H27F3N2O/c1-20(2,3)24-18-9-13(25-7-5-4-6-8-25)12-26-19(18)14-10-16(22)17(23)11-15(14)21/h10-12,18-19,24H,4-9H2,1-3H3/t18?,19-/m1/s1. The van der Waals surface area contributed by atoms with Gasteiger partial charge in [-0.1, -0.05) is 0 Å². The molecule has 0 aliphatic carbocycles. The number of piperidine rings is 1. The number of benzene rings is 1. The largest absolute Gasteiger partial charge is 0.490 e. The molecule has 1 unspecified atom stereocenters. The van der Waals surface area contributed by atoms with Crippen molar-refractivity contribution in [2.45, 2.75) is 64.1 Å². The van der Waals surface area contributed by atoms with Crippen molar-refractivity contribution in [3.05, 3.63) is 47.1 Å². The maximum Gasteiger partial charge on any atom is 0.161 e. The summed E-state index contributed by atoms with van der Waals surface area (Å²) in [6.45, 7) is 8.03. The molecule has 0 radical (unpaired) electrons. The van der Waals surface area contributed by atoms with Gasteiger partial charge in [0.2, 0.25) is 0 Å². The first-order valence-corrected chi connectivity index (χ1v) is 9.26. The molecule has 1 N–H and O–H groups in total. The Morgan fingerprint density at radius 3 is 2.31 bits per heavy atom. The van der Waals surface area contributed by atoms with E-state index in [1.165, 1.54) is 6.42 Å². The van der Waals surface area contributed by atoms with Crippen molar-refractivity contribution >= 4 is 0 Å². The molecule has 144 valence electrons.